The first-order valence-electron chi connectivity index (χ1n) is 17.0. The first-order chi connectivity index (χ1) is 25.3. The Kier molecular flexibility index (Phi) is 5.50. The third-order valence-electron chi connectivity index (χ3n) is 10.5. The highest BCUT2D eigenvalue weighted by Gasteiger charge is 2.22. The zero-order chi connectivity index (χ0) is 33.2. The van der Waals surface area contributed by atoms with Crippen LogP contribution in [-0.4, -0.2) is 19.4 Å². The van der Waals surface area contributed by atoms with Crippen molar-refractivity contribution in [2.24, 2.45) is 0 Å². The van der Waals surface area contributed by atoms with Gasteiger partial charge in [-0.25, -0.2) is 15.0 Å². The van der Waals surface area contributed by atoms with E-state index >= 15 is 0 Å². The summed E-state index contributed by atoms with van der Waals surface area (Å²) in [5.41, 5.74) is 13.1. The van der Waals surface area contributed by atoms with E-state index in [0.29, 0.717) is 0 Å². The van der Waals surface area contributed by atoms with Crippen molar-refractivity contribution in [1.29, 1.82) is 0 Å². The van der Waals surface area contributed by atoms with Gasteiger partial charge in [-0.05, 0) is 53.6 Å². The van der Waals surface area contributed by atoms with Gasteiger partial charge in [0.2, 0.25) is 0 Å². The molecule has 12 rings (SSSR count). The molecule has 5 heterocycles. The second-order valence-electron chi connectivity index (χ2n) is 13.2. The molecule has 12 aromatic rings. The summed E-state index contributed by atoms with van der Waals surface area (Å²) in [6.45, 7) is 0. The molecule has 6 heteroatoms. The number of para-hydroxylation sites is 2. The fourth-order valence-electron chi connectivity index (χ4n) is 8.24. The summed E-state index contributed by atoms with van der Waals surface area (Å²) in [7, 11) is 0. The van der Waals surface area contributed by atoms with Crippen LogP contribution in [0.5, 0.6) is 0 Å². The number of nitrogens with zero attached hydrogens (tertiary/aromatic N) is 4. The lowest BCUT2D eigenvalue weighted by molar-refractivity contribution is 1.23. The minimum atomic E-state index is 0.725. The molecule has 0 spiro atoms. The Balaban J connectivity index is 1.06. The van der Waals surface area contributed by atoms with Crippen LogP contribution in [0.2, 0.25) is 0 Å². The molecule has 0 unspecified atom stereocenters. The third kappa shape index (κ3) is 3.80. The van der Waals surface area contributed by atoms with Gasteiger partial charge in [0.05, 0.1) is 43.5 Å². The molecule has 236 valence electrons. The third-order valence-corrected chi connectivity index (χ3v) is 12.6. The smallest absolute Gasteiger partial charge is 0.160 e. The van der Waals surface area contributed by atoms with Gasteiger partial charge >= 0.3 is 0 Å². The van der Waals surface area contributed by atoms with E-state index in [2.05, 4.69) is 144 Å². The fraction of sp³-hybridized carbons (Fsp3) is 0. The summed E-state index contributed by atoms with van der Waals surface area (Å²) in [4.78, 5) is 15.2. The van der Waals surface area contributed by atoms with E-state index < -0.39 is 0 Å². The van der Waals surface area contributed by atoms with Crippen molar-refractivity contribution in [3.8, 4) is 33.8 Å². The van der Waals surface area contributed by atoms with Gasteiger partial charge in [0.1, 0.15) is 0 Å². The molecule has 4 nitrogen and oxygen atoms in total. The molecule has 0 saturated heterocycles. The fourth-order valence-corrected chi connectivity index (χ4v) is 10.3. The van der Waals surface area contributed by atoms with Gasteiger partial charge < -0.3 is 4.40 Å². The van der Waals surface area contributed by atoms with Crippen molar-refractivity contribution in [2.75, 3.05) is 0 Å². The summed E-state index contributed by atoms with van der Waals surface area (Å²) in [6, 6.07) is 50.2. The van der Waals surface area contributed by atoms with Gasteiger partial charge in [-0.1, -0.05) is 97.1 Å². The Bertz CT molecular complexity index is 3390. The maximum absolute atomic E-state index is 5.34. The molecule has 7 aromatic carbocycles. The highest BCUT2D eigenvalue weighted by Crippen LogP contribution is 2.45. The monoisotopic (exact) mass is 684 g/mol. The van der Waals surface area contributed by atoms with E-state index in [1.807, 2.05) is 16.8 Å². The molecule has 0 saturated carbocycles. The molecule has 5 aromatic heterocycles. The lowest BCUT2D eigenvalue weighted by atomic mass is 9.99. The topological polar surface area (TPSA) is 43.1 Å². The predicted octanol–water partition coefficient (Wildman–Crippen LogP) is 12.8. The Morgan fingerprint density at radius 1 is 0.490 bits per heavy atom. The first kappa shape index (κ1) is 27.6. The van der Waals surface area contributed by atoms with Gasteiger partial charge in [-0.3, -0.25) is 0 Å². The molecule has 0 fully saturated rings. The van der Waals surface area contributed by atoms with Crippen molar-refractivity contribution in [2.45, 2.75) is 0 Å². The van der Waals surface area contributed by atoms with Crippen molar-refractivity contribution in [3.63, 3.8) is 0 Å². The highest BCUT2D eigenvalue weighted by atomic mass is 32.1. The lowest BCUT2D eigenvalue weighted by Gasteiger charge is -2.11. The zero-order valence-corrected chi connectivity index (χ0v) is 28.6. The largest absolute Gasteiger partial charge is 0.308 e. The van der Waals surface area contributed by atoms with Gasteiger partial charge in [0, 0.05) is 58.2 Å². The summed E-state index contributed by atoms with van der Waals surface area (Å²) in [5.74, 6) is 0.725. The van der Waals surface area contributed by atoms with E-state index in [1.165, 1.54) is 63.0 Å². The quantitative estimate of drug-likeness (QED) is 0.186. The van der Waals surface area contributed by atoms with Crippen molar-refractivity contribution in [3.05, 3.63) is 145 Å². The summed E-state index contributed by atoms with van der Waals surface area (Å²) in [6.07, 6.45) is 0. The number of benzene rings is 7. The van der Waals surface area contributed by atoms with E-state index in [1.54, 1.807) is 11.3 Å². The molecule has 0 aliphatic rings. The second-order valence-corrected chi connectivity index (χ2v) is 15.1. The Hall–Kier alpha value is -6.21. The predicted molar refractivity (Wildman–Crippen MR) is 217 cm³/mol. The van der Waals surface area contributed by atoms with E-state index in [0.717, 1.165) is 50.2 Å². The number of aromatic nitrogens is 4. The molecular weight excluding hydrogens is 661 g/mol. The number of rotatable bonds is 3. The lowest BCUT2D eigenvalue weighted by Crippen LogP contribution is -1.95. The van der Waals surface area contributed by atoms with Crippen LogP contribution < -0.4 is 0 Å². The van der Waals surface area contributed by atoms with Gasteiger partial charge in [-0.15, -0.1) is 22.7 Å². The Labute approximate surface area is 298 Å². The molecule has 0 aliphatic carbocycles. The van der Waals surface area contributed by atoms with Crippen LogP contribution in [-0.2, 0) is 0 Å². The van der Waals surface area contributed by atoms with Crippen LogP contribution in [0.3, 0.4) is 0 Å². The number of thiazole rings is 1. The van der Waals surface area contributed by atoms with Crippen LogP contribution in [0.25, 0.3) is 113 Å². The molecule has 0 amide bonds. The van der Waals surface area contributed by atoms with Crippen molar-refractivity contribution >= 4 is 102 Å². The molecular formula is C45H24N4S2. The second kappa shape index (κ2) is 10.2. The number of hydrogen-bond acceptors (Lipinski definition) is 5. The van der Waals surface area contributed by atoms with Gasteiger partial charge in [-0.2, -0.15) is 0 Å². The molecule has 0 aliphatic heterocycles. The van der Waals surface area contributed by atoms with E-state index in [-0.39, 0.29) is 0 Å². The molecule has 0 N–H and O–H groups in total. The van der Waals surface area contributed by atoms with Crippen LogP contribution in [0.15, 0.2) is 145 Å². The highest BCUT2D eigenvalue weighted by molar-refractivity contribution is 7.26. The average molecular weight is 685 g/mol. The van der Waals surface area contributed by atoms with Crippen LogP contribution >= 0.6 is 22.7 Å². The number of hydrogen-bond donors (Lipinski definition) is 0. The van der Waals surface area contributed by atoms with E-state index in [9.17, 15) is 0 Å². The van der Waals surface area contributed by atoms with Crippen LogP contribution in [0.4, 0.5) is 0 Å². The van der Waals surface area contributed by atoms with Gasteiger partial charge in [0.15, 0.2) is 5.82 Å². The molecule has 51 heavy (non-hydrogen) atoms. The summed E-state index contributed by atoms with van der Waals surface area (Å²) in [5, 5.41) is 8.67. The first-order valence-corrected chi connectivity index (χ1v) is 18.7. The van der Waals surface area contributed by atoms with Crippen LogP contribution in [0.1, 0.15) is 0 Å². The molecule has 0 radical (unpaired) electrons. The standard InChI is InChI=1S/C45H24N4S2/c1-4-16-35-31(13-1)41(32-15-8-14-30-29-12-3-6-18-39(29)51-43(30)32)48-45(47-35)27-10-7-9-25(21-27)26-19-20-38-34(22-26)40-42-33(23-36-44(40)50-24-46-36)28-11-2-5-17-37(28)49(38)42/h1-24H. The number of thiophene rings is 1. The minimum absolute atomic E-state index is 0.725. The zero-order valence-electron chi connectivity index (χ0n) is 27.0. The maximum atomic E-state index is 5.34. The Morgan fingerprint density at radius 3 is 2.22 bits per heavy atom. The number of fused-ring (bicyclic) bond motifs is 12. The summed E-state index contributed by atoms with van der Waals surface area (Å²) < 4.78 is 6.22. The van der Waals surface area contributed by atoms with Crippen molar-refractivity contribution < 1.29 is 0 Å². The Morgan fingerprint density at radius 2 is 1.25 bits per heavy atom. The van der Waals surface area contributed by atoms with E-state index in [4.69, 9.17) is 15.0 Å². The maximum Gasteiger partial charge on any atom is 0.160 e. The van der Waals surface area contributed by atoms with Gasteiger partial charge in [0.25, 0.3) is 0 Å². The SMILES string of the molecule is c1cc(-c2ccc3c(c2)c2c4scnc4cc4c5ccccc5n3c42)cc(-c2nc(-c3cccc4c3sc3ccccc34)c3ccccc3n2)c1. The minimum Gasteiger partial charge on any atom is -0.308 e. The summed E-state index contributed by atoms with van der Waals surface area (Å²) >= 11 is 3.56. The molecule has 0 atom stereocenters. The molecule has 0 bridgehead atoms. The normalized spacial score (nSPS) is 12.3. The van der Waals surface area contributed by atoms with Crippen molar-refractivity contribution in [1.82, 2.24) is 19.4 Å². The van der Waals surface area contributed by atoms with Crippen LogP contribution in [0, 0.1) is 0 Å². The average Bonchev–Trinajstić information content (AvgIpc) is 3.97.